The van der Waals surface area contributed by atoms with Crippen molar-refractivity contribution in [2.75, 3.05) is 26.0 Å². The molecule has 0 saturated heterocycles. The van der Waals surface area contributed by atoms with E-state index in [2.05, 4.69) is 4.90 Å². The second-order valence-corrected chi connectivity index (χ2v) is 9.04. The van der Waals surface area contributed by atoms with E-state index in [0.29, 0.717) is 23.5 Å². The largest absolute Gasteiger partial charge is 0.497 e. The Morgan fingerprint density at radius 3 is 2.57 bits per heavy atom. The van der Waals surface area contributed by atoms with Crippen molar-refractivity contribution in [1.82, 2.24) is 4.90 Å². The molecule has 6 nitrogen and oxygen atoms in total. The third-order valence-electron chi connectivity index (χ3n) is 4.78. The van der Waals surface area contributed by atoms with Gasteiger partial charge in [0.1, 0.15) is 16.4 Å². The molecule has 0 aliphatic carbocycles. The number of benzene rings is 1. The van der Waals surface area contributed by atoms with Gasteiger partial charge in [-0.25, -0.2) is 4.79 Å². The lowest BCUT2D eigenvalue weighted by Crippen LogP contribution is -2.36. The minimum absolute atomic E-state index is 0.0309. The van der Waals surface area contributed by atoms with E-state index in [1.807, 2.05) is 45.0 Å². The summed E-state index contributed by atoms with van der Waals surface area (Å²) in [6.45, 7) is 6.93. The Kier molecular flexibility index (Phi) is 5.98. The van der Waals surface area contributed by atoms with E-state index in [0.717, 1.165) is 28.3 Å². The molecule has 1 atom stereocenters. The Morgan fingerprint density at radius 2 is 2.00 bits per heavy atom. The average molecular weight is 405 g/mol. The highest BCUT2D eigenvalue weighted by molar-refractivity contribution is 7.16. The molecular formula is C21H28N2O4S. The van der Waals surface area contributed by atoms with Crippen molar-refractivity contribution in [2.24, 2.45) is 0 Å². The lowest BCUT2D eigenvalue weighted by Gasteiger charge is -2.34. The second kappa shape index (κ2) is 8.11. The fourth-order valence-corrected chi connectivity index (χ4v) is 4.74. The Hall–Kier alpha value is -2.09. The number of carbonyl (C=O) groups is 1. The van der Waals surface area contributed by atoms with Crippen LogP contribution >= 0.6 is 11.3 Å². The molecule has 1 aliphatic rings. The van der Waals surface area contributed by atoms with Crippen LogP contribution in [-0.2, 0) is 17.7 Å². The lowest BCUT2D eigenvalue weighted by molar-refractivity contribution is 0.00686. The van der Waals surface area contributed by atoms with Gasteiger partial charge < -0.3 is 20.3 Å². The van der Waals surface area contributed by atoms with E-state index < -0.39 is 5.60 Å². The van der Waals surface area contributed by atoms with Gasteiger partial charge in [-0.1, -0.05) is 12.1 Å². The van der Waals surface area contributed by atoms with E-state index >= 15 is 0 Å². The van der Waals surface area contributed by atoms with Gasteiger partial charge in [-0.3, -0.25) is 4.90 Å². The predicted octanol–water partition coefficient (Wildman–Crippen LogP) is 3.39. The molecule has 0 saturated carbocycles. The number of hydrogen-bond acceptors (Lipinski definition) is 7. The van der Waals surface area contributed by atoms with Crippen LogP contribution in [0.4, 0.5) is 5.00 Å². The van der Waals surface area contributed by atoms with Gasteiger partial charge in [0.15, 0.2) is 0 Å². The molecule has 152 valence electrons. The molecule has 28 heavy (non-hydrogen) atoms. The van der Waals surface area contributed by atoms with Crippen molar-refractivity contribution in [2.45, 2.75) is 45.4 Å². The Bertz CT molecular complexity index is 839. The normalized spacial score (nSPS) is 17.2. The molecule has 7 heteroatoms. The van der Waals surface area contributed by atoms with Gasteiger partial charge in [0.05, 0.1) is 25.3 Å². The van der Waals surface area contributed by atoms with Crippen LogP contribution in [0.3, 0.4) is 0 Å². The third-order valence-corrected chi connectivity index (χ3v) is 5.94. The maximum absolute atomic E-state index is 12.7. The first kappa shape index (κ1) is 20.6. The van der Waals surface area contributed by atoms with Crippen LogP contribution in [0.1, 0.15) is 53.2 Å². The van der Waals surface area contributed by atoms with E-state index in [9.17, 15) is 9.90 Å². The summed E-state index contributed by atoms with van der Waals surface area (Å²) in [5, 5.41) is 10.5. The molecule has 0 fully saturated rings. The SMILES string of the molecule is COc1ccc(CN2CCc3c(sc(N)c3C(=O)OC(C)(C)C)C2CO)cc1. The number of carbonyl (C=O) groups excluding carboxylic acids is 1. The number of fused-ring (bicyclic) bond motifs is 1. The Balaban J connectivity index is 1.85. The van der Waals surface area contributed by atoms with Crippen molar-refractivity contribution in [3.05, 3.63) is 45.8 Å². The maximum atomic E-state index is 12.7. The van der Waals surface area contributed by atoms with E-state index in [1.165, 1.54) is 11.3 Å². The molecule has 1 aliphatic heterocycles. The van der Waals surface area contributed by atoms with Gasteiger partial charge in [0, 0.05) is 18.0 Å². The van der Waals surface area contributed by atoms with Crippen molar-refractivity contribution in [3.8, 4) is 5.75 Å². The third kappa shape index (κ3) is 4.32. The summed E-state index contributed by atoms with van der Waals surface area (Å²) in [5.41, 5.74) is 8.14. The van der Waals surface area contributed by atoms with Crippen LogP contribution in [0.15, 0.2) is 24.3 Å². The monoisotopic (exact) mass is 404 g/mol. The summed E-state index contributed by atoms with van der Waals surface area (Å²) in [6, 6.07) is 7.73. The zero-order chi connectivity index (χ0) is 20.5. The molecule has 1 unspecified atom stereocenters. The summed E-state index contributed by atoms with van der Waals surface area (Å²) in [7, 11) is 1.65. The summed E-state index contributed by atoms with van der Waals surface area (Å²) >= 11 is 1.38. The standard InChI is InChI=1S/C21H28N2O4S/c1-21(2,3)27-20(25)17-15-9-10-23(16(12-24)18(15)28-19(17)22)11-13-5-7-14(26-4)8-6-13/h5-8,16,24H,9-12,22H2,1-4H3. The van der Waals surface area contributed by atoms with Gasteiger partial charge in [0.25, 0.3) is 0 Å². The van der Waals surface area contributed by atoms with Crippen molar-refractivity contribution in [3.63, 3.8) is 0 Å². The average Bonchev–Trinajstić information content (AvgIpc) is 2.96. The predicted molar refractivity (Wildman–Crippen MR) is 111 cm³/mol. The van der Waals surface area contributed by atoms with Gasteiger partial charge in [-0.05, 0) is 50.5 Å². The van der Waals surface area contributed by atoms with Gasteiger partial charge in [0.2, 0.25) is 0 Å². The number of aliphatic hydroxyl groups excluding tert-OH is 1. The van der Waals surface area contributed by atoms with E-state index in [1.54, 1.807) is 7.11 Å². The fraction of sp³-hybridized carbons (Fsp3) is 0.476. The molecule has 3 N–H and O–H groups in total. The fourth-order valence-electron chi connectivity index (χ4n) is 3.50. The molecule has 0 amide bonds. The summed E-state index contributed by atoms with van der Waals surface area (Å²) < 4.78 is 10.8. The molecular weight excluding hydrogens is 376 g/mol. The van der Waals surface area contributed by atoms with E-state index in [4.69, 9.17) is 15.2 Å². The molecule has 0 radical (unpaired) electrons. The molecule has 3 rings (SSSR count). The van der Waals surface area contributed by atoms with Crippen LogP contribution in [0.5, 0.6) is 5.75 Å². The minimum Gasteiger partial charge on any atom is -0.497 e. The molecule has 1 aromatic heterocycles. The number of rotatable bonds is 5. The second-order valence-electron chi connectivity index (χ2n) is 7.95. The highest BCUT2D eigenvalue weighted by Crippen LogP contribution is 2.42. The first-order chi connectivity index (χ1) is 13.2. The summed E-state index contributed by atoms with van der Waals surface area (Å²) in [4.78, 5) is 15.8. The number of hydrogen-bond donors (Lipinski definition) is 2. The number of nitrogens with two attached hydrogens (primary N) is 1. The number of aliphatic hydroxyl groups is 1. The molecule has 2 aromatic rings. The number of methoxy groups -OCH3 is 1. The number of nitrogens with zero attached hydrogens (tertiary/aromatic N) is 1. The summed E-state index contributed by atoms with van der Waals surface area (Å²) in [6.07, 6.45) is 0.699. The smallest absolute Gasteiger partial charge is 0.341 e. The first-order valence-corrected chi connectivity index (χ1v) is 10.2. The molecule has 0 spiro atoms. The van der Waals surface area contributed by atoms with Crippen LogP contribution in [0.25, 0.3) is 0 Å². The number of ether oxygens (including phenoxy) is 2. The number of nitrogen functional groups attached to an aromatic ring is 1. The lowest BCUT2D eigenvalue weighted by atomic mass is 9.97. The van der Waals surface area contributed by atoms with Gasteiger partial charge in [-0.2, -0.15) is 0 Å². The van der Waals surface area contributed by atoms with Gasteiger partial charge >= 0.3 is 5.97 Å². The number of thiophene rings is 1. The highest BCUT2D eigenvalue weighted by atomic mass is 32.1. The van der Waals surface area contributed by atoms with Crippen LogP contribution in [0.2, 0.25) is 0 Å². The molecule has 1 aromatic carbocycles. The zero-order valence-electron chi connectivity index (χ0n) is 16.8. The van der Waals surface area contributed by atoms with Crippen LogP contribution in [0, 0.1) is 0 Å². The topological polar surface area (TPSA) is 85.0 Å². The minimum atomic E-state index is -0.580. The zero-order valence-corrected chi connectivity index (χ0v) is 17.6. The Morgan fingerprint density at radius 1 is 1.32 bits per heavy atom. The van der Waals surface area contributed by atoms with Crippen LogP contribution < -0.4 is 10.5 Å². The first-order valence-electron chi connectivity index (χ1n) is 9.35. The van der Waals surface area contributed by atoms with Crippen molar-refractivity contribution >= 4 is 22.3 Å². The van der Waals surface area contributed by atoms with Crippen molar-refractivity contribution < 1.29 is 19.4 Å². The van der Waals surface area contributed by atoms with Crippen LogP contribution in [-0.4, -0.2) is 41.8 Å². The number of esters is 1. The van der Waals surface area contributed by atoms with E-state index in [-0.39, 0.29) is 18.6 Å². The maximum Gasteiger partial charge on any atom is 0.341 e. The Labute approximate surface area is 169 Å². The number of anilines is 1. The molecule has 2 heterocycles. The quantitative estimate of drug-likeness (QED) is 0.743. The van der Waals surface area contributed by atoms with Crippen molar-refractivity contribution in [1.29, 1.82) is 0 Å². The highest BCUT2D eigenvalue weighted by Gasteiger charge is 2.35. The molecule has 0 bridgehead atoms. The summed E-state index contributed by atoms with van der Waals surface area (Å²) in [5.74, 6) is 0.430. The van der Waals surface area contributed by atoms with Gasteiger partial charge in [-0.15, -0.1) is 11.3 Å².